The summed E-state index contributed by atoms with van der Waals surface area (Å²) in [5, 5.41) is 13.2. The minimum atomic E-state index is -0.181. The molecule has 0 radical (unpaired) electrons. The van der Waals surface area contributed by atoms with Crippen molar-refractivity contribution in [2.45, 2.75) is 11.7 Å². The summed E-state index contributed by atoms with van der Waals surface area (Å²) in [5.74, 6) is 0.776. The molecule has 2 aromatic rings. The zero-order chi connectivity index (χ0) is 16.1. The van der Waals surface area contributed by atoms with Crippen LogP contribution in [0, 0.1) is 0 Å². The van der Waals surface area contributed by atoms with Crippen molar-refractivity contribution in [2.75, 3.05) is 7.11 Å². The van der Waals surface area contributed by atoms with Gasteiger partial charge in [-0.3, -0.25) is 4.79 Å². The molecular formula is C16H15N3O2S2. The zero-order valence-electron chi connectivity index (χ0n) is 12.4. The van der Waals surface area contributed by atoms with Gasteiger partial charge in [-0.15, -0.1) is 16.4 Å². The predicted octanol–water partition coefficient (Wildman–Crippen LogP) is 2.92. The van der Waals surface area contributed by atoms with Crippen LogP contribution >= 0.6 is 23.1 Å². The van der Waals surface area contributed by atoms with Crippen LogP contribution in [0.4, 0.5) is 0 Å². The second-order valence-electron chi connectivity index (χ2n) is 4.81. The number of nitrogens with one attached hydrogen (secondary N) is 1. The van der Waals surface area contributed by atoms with Gasteiger partial charge in [0.1, 0.15) is 5.75 Å². The number of carbonyl (C=O) groups excluding carboxylic acids is 1. The highest BCUT2D eigenvalue weighted by Gasteiger charge is 2.30. The molecule has 1 atom stereocenters. The van der Waals surface area contributed by atoms with Crippen LogP contribution in [-0.4, -0.2) is 29.6 Å². The molecule has 1 aliphatic rings. The second-order valence-corrected chi connectivity index (χ2v) is 6.98. The summed E-state index contributed by atoms with van der Waals surface area (Å²) in [5.41, 5.74) is 1.08. The van der Waals surface area contributed by atoms with E-state index in [2.05, 4.69) is 15.5 Å². The van der Waals surface area contributed by atoms with Crippen LogP contribution in [0.2, 0.25) is 0 Å². The Morgan fingerprint density at radius 3 is 2.83 bits per heavy atom. The Morgan fingerprint density at radius 1 is 1.30 bits per heavy atom. The number of thiophene rings is 1. The molecule has 1 aromatic carbocycles. The first kappa shape index (κ1) is 15.8. The molecule has 5 nitrogen and oxygen atoms in total. The second kappa shape index (κ2) is 7.43. The Labute approximate surface area is 142 Å². The fourth-order valence-corrected chi connectivity index (χ4v) is 3.61. The number of nitrogens with zero attached hydrogens (tertiary/aromatic N) is 2. The first-order valence-electron chi connectivity index (χ1n) is 6.99. The van der Waals surface area contributed by atoms with Gasteiger partial charge in [0.15, 0.2) is 5.17 Å². The standard InChI is InChI=1S/C16H15N3O2S2/c1-21-12-6-4-11(5-7-12)9-14-15(20)18-16(23-14)19-17-10-13-3-2-8-22-13/h2-8,10,14H,9H2,1H3,(H,18,19,20)/b17-10+. The maximum atomic E-state index is 12.0. The summed E-state index contributed by atoms with van der Waals surface area (Å²) < 4.78 is 5.13. The Kier molecular flexibility index (Phi) is 5.09. The molecule has 118 valence electrons. The number of benzene rings is 1. The molecule has 1 unspecified atom stereocenters. The summed E-state index contributed by atoms with van der Waals surface area (Å²) in [4.78, 5) is 13.0. The molecule has 1 amide bonds. The minimum Gasteiger partial charge on any atom is -0.497 e. The molecule has 2 heterocycles. The molecule has 1 fully saturated rings. The van der Waals surface area contributed by atoms with Gasteiger partial charge < -0.3 is 10.1 Å². The number of methoxy groups -OCH3 is 1. The molecule has 1 N–H and O–H groups in total. The molecule has 0 aliphatic carbocycles. The van der Waals surface area contributed by atoms with E-state index in [1.165, 1.54) is 11.8 Å². The minimum absolute atomic E-state index is 0.0316. The smallest absolute Gasteiger partial charge is 0.239 e. The number of hydrogen-bond donors (Lipinski definition) is 1. The molecule has 7 heteroatoms. The largest absolute Gasteiger partial charge is 0.497 e. The lowest BCUT2D eigenvalue weighted by atomic mass is 10.1. The van der Waals surface area contributed by atoms with Crippen LogP contribution in [0.3, 0.4) is 0 Å². The van der Waals surface area contributed by atoms with Crippen molar-refractivity contribution in [3.05, 3.63) is 52.2 Å². The molecule has 1 aromatic heterocycles. The summed E-state index contributed by atoms with van der Waals surface area (Å²) in [6.45, 7) is 0. The van der Waals surface area contributed by atoms with Gasteiger partial charge >= 0.3 is 0 Å². The van der Waals surface area contributed by atoms with Crippen LogP contribution in [0.1, 0.15) is 10.4 Å². The lowest BCUT2D eigenvalue weighted by Crippen LogP contribution is -2.25. The van der Waals surface area contributed by atoms with Crippen molar-refractivity contribution in [3.63, 3.8) is 0 Å². The number of ether oxygens (including phenoxy) is 1. The van der Waals surface area contributed by atoms with Gasteiger partial charge in [0, 0.05) is 4.88 Å². The Bertz CT molecular complexity index is 724. The first-order chi connectivity index (χ1) is 11.2. The van der Waals surface area contributed by atoms with Crippen molar-refractivity contribution in [1.82, 2.24) is 5.32 Å². The van der Waals surface area contributed by atoms with E-state index < -0.39 is 0 Å². The van der Waals surface area contributed by atoms with Crippen LogP contribution in [0.15, 0.2) is 52.0 Å². The maximum Gasteiger partial charge on any atom is 0.239 e. The highest BCUT2D eigenvalue weighted by Crippen LogP contribution is 2.24. The molecule has 0 bridgehead atoms. The number of hydrogen-bond acceptors (Lipinski definition) is 6. The quantitative estimate of drug-likeness (QED) is 0.669. The summed E-state index contributed by atoms with van der Waals surface area (Å²) in [7, 11) is 1.63. The average Bonchev–Trinajstić information content (AvgIpc) is 3.19. The Balaban J connectivity index is 1.60. The SMILES string of the molecule is COc1ccc(CC2S/C(=N\N=C\c3cccs3)NC2=O)cc1. The third kappa shape index (κ3) is 4.20. The van der Waals surface area contributed by atoms with Gasteiger partial charge in [-0.2, -0.15) is 5.10 Å². The Hall–Kier alpha value is -2.12. The summed E-state index contributed by atoms with van der Waals surface area (Å²) in [6.07, 6.45) is 2.33. The van der Waals surface area contributed by atoms with Crippen LogP contribution in [0.5, 0.6) is 5.75 Å². The highest BCUT2D eigenvalue weighted by atomic mass is 32.2. The lowest BCUT2D eigenvalue weighted by Gasteiger charge is -2.06. The van der Waals surface area contributed by atoms with Crippen molar-refractivity contribution >= 4 is 40.4 Å². The van der Waals surface area contributed by atoms with Gasteiger partial charge in [0.2, 0.25) is 5.91 Å². The molecule has 3 rings (SSSR count). The van der Waals surface area contributed by atoms with Gasteiger partial charge in [-0.05, 0) is 35.6 Å². The number of thioether (sulfide) groups is 1. The van der Waals surface area contributed by atoms with Crippen LogP contribution in [-0.2, 0) is 11.2 Å². The molecular weight excluding hydrogens is 330 g/mol. The first-order valence-corrected chi connectivity index (χ1v) is 8.75. The topological polar surface area (TPSA) is 63.1 Å². The number of amides is 1. The van der Waals surface area contributed by atoms with Crippen molar-refractivity contribution in [2.24, 2.45) is 10.2 Å². The molecule has 0 saturated carbocycles. The van der Waals surface area contributed by atoms with E-state index in [1.54, 1.807) is 24.7 Å². The van der Waals surface area contributed by atoms with E-state index in [1.807, 2.05) is 41.8 Å². The zero-order valence-corrected chi connectivity index (χ0v) is 14.1. The van der Waals surface area contributed by atoms with Gasteiger partial charge in [-0.25, -0.2) is 0 Å². The number of carbonyl (C=O) groups is 1. The summed E-state index contributed by atoms with van der Waals surface area (Å²) >= 11 is 3.00. The van der Waals surface area contributed by atoms with Crippen molar-refractivity contribution < 1.29 is 9.53 Å². The van der Waals surface area contributed by atoms with Gasteiger partial charge in [0.05, 0.1) is 18.6 Å². The van der Waals surface area contributed by atoms with E-state index in [-0.39, 0.29) is 11.2 Å². The molecule has 1 aliphatic heterocycles. The van der Waals surface area contributed by atoms with Crippen molar-refractivity contribution in [1.29, 1.82) is 0 Å². The van der Waals surface area contributed by atoms with Crippen LogP contribution < -0.4 is 10.1 Å². The van der Waals surface area contributed by atoms with E-state index in [0.717, 1.165) is 16.2 Å². The van der Waals surface area contributed by atoms with Gasteiger partial charge in [0.25, 0.3) is 0 Å². The van der Waals surface area contributed by atoms with Crippen molar-refractivity contribution in [3.8, 4) is 5.75 Å². The van der Waals surface area contributed by atoms with Crippen LogP contribution in [0.25, 0.3) is 0 Å². The highest BCUT2D eigenvalue weighted by molar-refractivity contribution is 8.15. The normalized spacial score (nSPS) is 19.4. The third-order valence-electron chi connectivity index (χ3n) is 3.23. The fourth-order valence-electron chi connectivity index (χ4n) is 2.07. The monoisotopic (exact) mass is 345 g/mol. The third-order valence-corrected chi connectivity index (χ3v) is 5.11. The molecule has 23 heavy (non-hydrogen) atoms. The predicted molar refractivity (Wildman–Crippen MR) is 95.6 cm³/mol. The van der Waals surface area contributed by atoms with E-state index in [4.69, 9.17) is 4.74 Å². The average molecular weight is 345 g/mol. The van der Waals surface area contributed by atoms with E-state index in [9.17, 15) is 4.79 Å². The molecule has 1 saturated heterocycles. The van der Waals surface area contributed by atoms with E-state index in [0.29, 0.717) is 11.6 Å². The number of amidine groups is 1. The van der Waals surface area contributed by atoms with Gasteiger partial charge in [-0.1, -0.05) is 30.0 Å². The Morgan fingerprint density at radius 2 is 2.13 bits per heavy atom. The fraction of sp³-hybridized carbons (Fsp3) is 0.188. The molecule has 0 spiro atoms. The lowest BCUT2D eigenvalue weighted by molar-refractivity contribution is -0.118. The number of rotatable bonds is 5. The summed E-state index contributed by atoms with van der Waals surface area (Å²) in [6, 6.07) is 11.6. The maximum absolute atomic E-state index is 12.0. The van der Waals surface area contributed by atoms with E-state index >= 15 is 0 Å².